The molecule has 0 saturated carbocycles. The van der Waals surface area contributed by atoms with E-state index in [9.17, 15) is 27.2 Å². The standard InChI is InChI=1S/C12H11F4NO3/c1-6-2-3-7(13)4-8(6)10(18)17-9(11(19)20)5-12(14,15)16/h2-4,9H,5H2,1H3,(H,17,18)(H,19,20). The van der Waals surface area contributed by atoms with Crippen molar-refractivity contribution in [3.63, 3.8) is 0 Å². The van der Waals surface area contributed by atoms with Crippen molar-refractivity contribution in [2.24, 2.45) is 0 Å². The van der Waals surface area contributed by atoms with Crippen LogP contribution in [0.5, 0.6) is 0 Å². The zero-order valence-electron chi connectivity index (χ0n) is 10.3. The lowest BCUT2D eigenvalue weighted by molar-refractivity contribution is -0.157. The van der Waals surface area contributed by atoms with E-state index in [2.05, 4.69) is 0 Å². The molecular formula is C12H11F4NO3. The van der Waals surface area contributed by atoms with Crippen molar-refractivity contribution in [2.75, 3.05) is 0 Å². The summed E-state index contributed by atoms with van der Waals surface area (Å²) < 4.78 is 49.6. The number of hydrogen-bond acceptors (Lipinski definition) is 2. The van der Waals surface area contributed by atoms with Crippen molar-refractivity contribution in [3.05, 3.63) is 35.1 Å². The minimum atomic E-state index is -4.74. The second-order valence-corrected chi connectivity index (χ2v) is 4.14. The van der Waals surface area contributed by atoms with Gasteiger partial charge in [0.25, 0.3) is 5.91 Å². The van der Waals surface area contributed by atoms with E-state index in [4.69, 9.17) is 5.11 Å². The summed E-state index contributed by atoms with van der Waals surface area (Å²) in [5.74, 6) is -3.63. The number of halogens is 4. The SMILES string of the molecule is Cc1ccc(F)cc1C(=O)NC(CC(F)(F)F)C(=O)O. The molecule has 0 bridgehead atoms. The summed E-state index contributed by atoms with van der Waals surface area (Å²) >= 11 is 0. The van der Waals surface area contributed by atoms with E-state index in [1.54, 1.807) is 5.32 Å². The lowest BCUT2D eigenvalue weighted by atomic mass is 10.1. The lowest BCUT2D eigenvalue weighted by Gasteiger charge is -2.17. The minimum Gasteiger partial charge on any atom is -0.480 e. The van der Waals surface area contributed by atoms with Gasteiger partial charge < -0.3 is 10.4 Å². The maximum atomic E-state index is 13.0. The molecule has 0 spiro atoms. The Morgan fingerprint density at radius 2 is 1.95 bits per heavy atom. The van der Waals surface area contributed by atoms with E-state index in [0.29, 0.717) is 5.56 Å². The van der Waals surface area contributed by atoms with Crippen LogP contribution in [-0.4, -0.2) is 29.2 Å². The van der Waals surface area contributed by atoms with Crippen LogP contribution in [0.4, 0.5) is 17.6 Å². The highest BCUT2D eigenvalue weighted by atomic mass is 19.4. The molecule has 8 heteroatoms. The van der Waals surface area contributed by atoms with Gasteiger partial charge in [-0.2, -0.15) is 13.2 Å². The van der Waals surface area contributed by atoms with Gasteiger partial charge in [-0.15, -0.1) is 0 Å². The number of hydrogen-bond donors (Lipinski definition) is 2. The van der Waals surface area contributed by atoms with Crippen molar-refractivity contribution in [3.8, 4) is 0 Å². The molecule has 0 aliphatic carbocycles. The molecule has 0 radical (unpaired) electrons. The van der Waals surface area contributed by atoms with E-state index in [1.165, 1.54) is 13.0 Å². The second-order valence-electron chi connectivity index (χ2n) is 4.14. The molecule has 1 unspecified atom stereocenters. The molecule has 0 aromatic heterocycles. The van der Waals surface area contributed by atoms with Gasteiger partial charge in [0.05, 0.1) is 6.42 Å². The summed E-state index contributed by atoms with van der Waals surface area (Å²) in [6.45, 7) is 1.45. The summed E-state index contributed by atoms with van der Waals surface area (Å²) in [5.41, 5.74) is 0.110. The number of benzene rings is 1. The highest BCUT2D eigenvalue weighted by Crippen LogP contribution is 2.22. The molecule has 110 valence electrons. The van der Waals surface area contributed by atoms with Crippen LogP contribution in [0, 0.1) is 12.7 Å². The number of nitrogens with one attached hydrogen (secondary N) is 1. The van der Waals surface area contributed by atoms with Crippen molar-refractivity contribution in [1.82, 2.24) is 5.32 Å². The predicted octanol–water partition coefficient (Wildman–Crippen LogP) is 2.27. The van der Waals surface area contributed by atoms with Gasteiger partial charge in [0, 0.05) is 5.56 Å². The van der Waals surface area contributed by atoms with Gasteiger partial charge in [0.15, 0.2) is 0 Å². The number of carbonyl (C=O) groups excluding carboxylic acids is 1. The van der Waals surface area contributed by atoms with Crippen molar-refractivity contribution >= 4 is 11.9 Å². The molecule has 1 atom stereocenters. The number of aliphatic carboxylic acids is 1. The minimum absolute atomic E-state index is 0.210. The van der Waals surface area contributed by atoms with Crippen LogP contribution in [0.1, 0.15) is 22.3 Å². The van der Waals surface area contributed by atoms with Crippen molar-refractivity contribution < 1.29 is 32.3 Å². The van der Waals surface area contributed by atoms with E-state index < -0.39 is 36.3 Å². The maximum absolute atomic E-state index is 13.0. The fourth-order valence-corrected chi connectivity index (χ4v) is 1.51. The Balaban J connectivity index is 2.91. The van der Waals surface area contributed by atoms with Gasteiger partial charge >= 0.3 is 12.1 Å². The van der Waals surface area contributed by atoms with Crippen LogP contribution in [0.3, 0.4) is 0 Å². The number of aryl methyl sites for hydroxylation is 1. The highest BCUT2D eigenvalue weighted by molar-refractivity contribution is 5.97. The maximum Gasteiger partial charge on any atom is 0.391 e. The van der Waals surface area contributed by atoms with Crippen molar-refractivity contribution in [1.29, 1.82) is 0 Å². The molecule has 1 amide bonds. The van der Waals surface area contributed by atoms with Crippen LogP contribution in [0.15, 0.2) is 18.2 Å². The number of carbonyl (C=O) groups is 2. The average molecular weight is 293 g/mol. The molecule has 4 nitrogen and oxygen atoms in total. The average Bonchev–Trinajstić information content (AvgIpc) is 2.29. The number of amides is 1. The Hall–Kier alpha value is -2.12. The molecule has 20 heavy (non-hydrogen) atoms. The van der Waals surface area contributed by atoms with Crippen LogP contribution in [0.2, 0.25) is 0 Å². The number of alkyl halides is 3. The topological polar surface area (TPSA) is 66.4 Å². The summed E-state index contributed by atoms with van der Waals surface area (Å²) in [6.07, 6.45) is -6.45. The number of carboxylic acid groups (broad SMARTS) is 1. The Morgan fingerprint density at radius 1 is 1.35 bits per heavy atom. The summed E-state index contributed by atoms with van der Waals surface area (Å²) in [7, 11) is 0. The first kappa shape index (κ1) is 15.9. The van der Waals surface area contributed by atoms with Gasteiger partial charge in [-0.3, -0.25) is 4.79 Å². The third-order valence-electron chi connectivity index (χ3n) is 2.48. The second kappa shape index (κ2) is 5.89. The quantitative estimate of drug-likeness (QED) is 0.837. The fraction of sp³-hybridized carbons (Fsp3) is 0.333. The normalized spacial score (nSPS) is 12.8. The molecule has 1 aromatic rings. The van der Waals surface area contributed by atoms with Gasteiger partial charge in [-0.1, -0.05) is 6.07 Å². The highest BCUT2D eigenvalue weighted by Gasteiger charge is 2.36. The van der Waals surface area contributed by atoms with Crippen LogP contribution in [-0.2, 0) is 4.79 Å². The summed E-state index contributed by atoms with van der Waals surface area (Å²) in [5, 5.41) is 10.4. The molecule has 0 aliphatic rings. The lowest BCUT2D eigenvalue weighted by Crippen LogP contribution is -2.43. The van der Waals surface area contributed by atoms with Crippen LogP contribution >= 0.6 is 0 Å². The summed E-state index contributed by atoms with van der Waals surface area (Å²) in [6, 6.07) is 1.06. The van der Waals surface area contributed by atoms with E-state index in [1.807, 2.05) is 0 Å². The first-order chi connectivity index (χ1) is 9.10. The summed E-state index contributed by atoms with van der Waals surface area (Å²) in [4.78, 5) is 22.4. The molecule has 0 aliphatic heterocycles. The Morgan fingerprint density at radius 3 is 2.45 bits per heavy atom. The number of carboxylic acids is 1. The zero-order chi connectivity index (χ0) is 15.5. The van der Waals surface area contributed by atoms with Gasteiger partial charge in [0.1, 0.15) is 11.9 Å². The van der Waals surface area contributed by atoms with Crippen LogP contribution < -0.4 is 5.32 Å². The largest absolute Gasteiger partial charge is 0.480 e. The molecule has 1 aromatic carbocycles. The first-order valence-electron chi connectivity index (χ1n) is 5.46. The predicted molar refractivity (Wildman–Crippen MR) is 60.7 cm³/mol. The molecular weight excluding hydrogens is 282 g/mol. The molecule has 0 fully saturated rings. The van der Waals surface area contributed by atoms with E-state index in [-0.39, 0.29) is 5.56 Å². The molecule has 0 saturated heterocycles. The molecule has 2 N–H and O–H groups in total. The Labute approximate surface area is 111 Å². The van der Waals surface area contributed by atoms with Crippen molar-refractivity contribution in [2.45, 2.75) is 25.6 Å². The molecule has 1 rings (SSSR count). The van der Waals surface area contributed by atoms with E-state index in [0.717, 1.165) is 12.1 Å². The third kappa shape index (κ3) is 4.52. The third-order valence-corrected chi connectivity index (χ3v) is 2.48. The fourth-order valence-electron chi connectivity index (χ4n) is 1.51. The van der Waals surface area contributed by atoms with Gasteiger partial charge in [-0.25, -0.2) is 9.18 Å². The van der Waals surface area contributed by atoms with Crippen LogP contribution in [0.25, 0.3) is 0 Å². The Kier molecular flexibility index (Phi) is 4.69. The first-order valence-corrected chi connectivity index (χ1v) is 5.46. The smallest absolute Gasteiger partial charge is 0.391 e. The molecule has 0 heterocycles. The number of rotatable bonds is 4. The monoisotopic (exact) mass is 293 g/mol. The van der Waals surface area contributed by atoms with E-state index >= 15 is 0 Å². The van der Waals surface area contributed by atoms with Gasteiger partial charge in [-0.05, 0) is 24.6 Å². The zero-order valence-corrected chi connectivity index (χ0v) is 10.3. The van der Waals surface area contributed by atoms with Gasteiger partial charge in [0.2, 0.25) is 0 Å². The Bertz CT molecular complexity index is 528.